The molecule has 0 saturated carbocycles. The summed E-state index contributed by atoms with van der Waals surface area (Å²) in [5.41, 5.74) is 1.34. The largest absolute Gasteiger partial charge is 0.507 e. The third kappa shape index (κ3) is 4.27. The van der Waals surface area contributed by atoms with Crippen LogP contribution in [0.25, 0.3) is 0 Å². The van der Waals surface area contributed by atoms with Crippen LogP contribution in [0.1, 0.15) is 44.5 Å². The number of benzene rings is 1. The first kappa shape index (κ1) is 19.6. The third-order valence-corrected chi connectivity index (χ3v) is 5.55. The lowest BCUT2D eigenvalue weighted by Gasteiger charge is -2.41. The molecular weight excluding hydrogens is 314 g/mol. The molecule has 1 amide bonds. The molecule has 0 bridgehead atoms. The summed E-state index contributed by atoms with van der Waals surface area (Å²) in [6.07, 6.45) is 0.982. The predicted molar refractivity (Wildman–Crippen MR) is 103 cm³/mol. The SMILES string of the molecule is CCN1CC[C@@H](N(C)C(=O)c2ccc(N(CC)CC)cc2O)[C@@H](C)C1. The topological polar surface area (TPSA) is 47.0 Å². The maximum Gasteiger partial charge on any atom is 0.257 e. The van der Waals surface area contributed by atoms with Gasteiger partial charge in [-0.2, -0.15) is 0 Å². The van der Waals surface area contributed by atoms with E-state index in [1.165, 1.54) is 0 Å². The molecule has 1 N–H and O–H groups in total. The number of rotatable bonds is 6. The number of carbonyl (C=O) groups excluding carboxylic acids is 1. The van der Waals surface area contributed by atoms with Crippen molar-refractivity contribution in [2.45, 2.75) is 40.2 Å². The molecule has 0 radical (unpaired) electrons. The number of phenols is 1. The van der Waals surface area contributed by atoms with Gasteiger partial charge in [0.15, 0.2) is 0 Å². The molecule has 1 heterocycles. The molecule has 0 unspecified atom stereocenters. The van der Waals surface area contributed by atoms with Gasteiger partial charge in [0, 0.05) is 51.0 Å². The molecule has 140 valence electrons. The number of nitrogens with zero attached hydrogens (tertiary/aromatic N) is 3. The normalized spacial score (nSPS) is 21.2. The molecule has 2 atom stereocenters. The number of amides is 1. The summed E-state index contributed by atoms with van der Waals surface area (Å²) < 4.78 is 0. The van der Waals surface area contributed by atoms with Crippen LogP contribution in [0, 0.1) is 5.92 Å². The second-order valence-corrected chi connectivity index (χ2v) is 7.02. The summed E-state index contributed by atoms with van der Waals surface area (Å²) in [5.74, 6) is 0.407. The first-order valence-electron chi connectivity index (χ1n) is 9.50. The third-order valence-electron chi connectivity index (χ3n) is 5.55. The van der Waals surface area contributed by atoms with Crippen molar-refractivity contribution in [1.82, 2.24) is 9.80 Å². The standard InChI is InChI=1S/C20H33N3O2/c1-6-22-12-11-18(15(4)14-22)21(5)20(25)17-10-9-16(13-19(17)24)23(7-2)8-3/h9-10,13,15,18,24H,6-8,11-12,14H2,1-5H3/t15-,18+/m0/s1. The van der Waals surface area contributed by atoms with E-state index >= 15 is 0 Å². The Hall–Kier alpha value is -1.75. The molecule has 0 aromatic heterocycles. The first-order chi connectivity index (χ1) is 11.9. The van der Waals surface area contributed by atoms with Gasteiger partial charge in [-0.25, -0.2) is 0 Å². The summed E-state index contributed by atoms with van der Waals surface area (Å²) in [6, 6.07) is 5.61. The second-order valence-electron chi connectivity index (χ2n) is 7.02. The zero-order valence-corrected chi connectivity index (χ0v) is 16.3. The fourth-order valence-electron chi connectivity index (χ4n) is 3.91. The van der Waals surface area contributed by atoms with Crippen LogP contribution in [0.4, 0.5) is 5.69 Å². The van der Waals surface area contributed by atoms with Crippen LogP contribution in [0.3, 0.4) is 0 Å². The summed E-state index contributed by atoms with van der Waals surface area (Å²) >= 11 is 0. The van der Waals surface area contributed by atoms with Crippen molar-refractivity contribution in [1.29, 1.82) is 0 Å². The number of likely N-dealkylation sites (tertiary alicyclic amines) is 1. The summed E-state index contributed by atoms with van der Waals surface area (Å²) in [4.78, 5) is 19.3. The molecule has 1 saturated heterocycles. The van der Waals surface area contributed by atoms with Gasteiger partial charge < -0.3 is 19.8 Å². The van der Waals surface area contributed by atoms with Crippen molar-refractivity contribution < 1.29 is 9.90 Å². The maximum absolute atomic E-state index is 12.9. The van der Waals surface area contributed by atoms with E-state index in [0.717, 1.165) is 44.8 Å². The van der Waals surface area contributed by atoms with Gasteiger partial charge in [-0.1, -0.05) is 13.8 Å². The summed E-state index contributed by atoms with van der Waals surface area (Å²) in [7, 11) is 1.86. The van der Waals surface area contributed by atoms with E-state index in [4.69, 9.17) is 0 Å². The van der Waals surface area contributed by atoms with E-state index < -0.39 is 0 Å². The van der Waals surface area contributed by atoms with Crippen LogP contribution in [-0.4, -0.2) is 66.6 Å². The van der Waals surface area contributed by atoms with Gasteiger partial charge in [0.05, 0.1) is 5.56 Å². The van der Waals surface area contributed by atoms with Crippen molar-refractivity contribution in [3.05, 3.63) is 23.8 Å². The Balaban J connectivity index is 2.14. The highest BCUT2D eigenvalue weighted by Crippen LogP contribution is 2.28. The number of phenolic OH excluding ortho intramolecular Hbond substituents is 1. The van der Waals surface area contributed by atoms with Gasteiger partial charge >= 0.3 is 0 Å². The monoisotopic (exact) mass is 347 g/mol. The van der Waals surface area contributed by atoms with Gasteiger partial charge in [0.2, 0.25) is 0 Å². The van der Waals surface area contributed by atoms with Gasteiger partial charge in [-0.3, -0.25) is 4.79 Å². The van der Waals surface area contributed by atoms with E-state index in [0.29, 0.717) is 11.5 Å². The van der Waals surface area contributed by atoms with Gasteiger partial charge in [-0.15, -0.1) is 0 Å². The quantitative estimate of drug-likeness (QED) is 0.859. The first-order valence-corrected chi connectivity index (χ1v) is 9.50. The Kier molecular flexibility index (Phi) is 6.71. The van der Waals surface area contributed by atoms with E-state index in [1.54, 1.807) is 12.1 Å². The van der Waals surface area contributed by atoms with E-state index in [-0.39, 0.29) is 17.7 Å². The van der Waals surface area contributed by atoms with E-state index in [1.807, 2.05) is 18.0 Å². The number of carbonyl (C=O) groups is 1. The highest BCUT2D eigenvalue weighted by molar-refractivity contribution is 5.97. The van der Waals surface area contributed by atoms with Crippen LogP contribution in [0.5, 0.6) is 5.75 Å². The van der Waals surface area contributed by atoms with Crippen molar-refractivity contribution in [3.63, 3.8) is 0 Å². The molecule has 2 rings (SSSR count). The molecule has 1 aliphatic heterocycles. The Labute approximate surface area is 152 Å². The molecule has 5 nitrogen and oxygen atoms in total. The molecule has 5 heteroatoms. The average Bonchev–Trinajstić information content (AvgIpc) is 2.61. The van der Waals surface area contributed by atoms with Gasteiger partial charge in [0.25, 0.3) is 5.91 Å². The molecule has 1 aliphatic rings. The summed E-state index contributed by atoms with van der Waals surface area (Å²) in [6.45, 7) is 13.4. The van der Waals surface area contributed by atoms with Crippen LogP contribution >= 0.6 is 0 Å². The van der Waals surface area contributed by atoms with Crippen LogP contribution in [-0.2, 0) is 0 Å². The smallest absolute Gasteiger partial charge is 0.257 e. The molecular formula is C20H33N3O2. The Morgan fingerprint density at radius 2 is 1.96 bits per heavy atom. The lowest BCUT2D eigenvalue weighted by Crippen LogP contribution is -2.50. The molecule has 1 fully saturated rings. The molecule has 25 heavy (non-hydrogen) atoms. The summed E-state index contributed by atoms with van der Waals surface area (Å²) in [5, 5.41) is 10.4. The minimum absolute atomic E-state index is 0.0693. The Morgan fingerprint density at radius 1 is 1.28 bits per heavy atom. The number of aromatic hydroxyl groups is 1. The molecule has 1 aromatic rings. The van der Waals surface area contributed by atoms with Crippen molar-refractivity contribution in [2.24, 2.45) is 5.92 Å². The average molecular weight is 348 g/mol. The fraction of sp³-hybridized carbons (Fsp3) is 0.650. The van der Waals surface area contributed by atoms with E-state index in [9.17, 15) is 9.90 Å². The zero-order chi connectivity index (χ0) is 18.6. The van der Waals surface area contributed by atoms with E-state index in [2.05, 4.69) is 37.5 Å². The highest BCUT2D eigenvalue weighted by Gasteiger charge is 2.31. The van der Waals surface area contributed by atoms with Gasteiger partial charge in [0.1, 0.15) is 5.75 Å². The van der Waals surface area contributed by atoms with Crippen molar-refractivity contribution in [3.8, 4) is 5.75 Å². The predicted octanol–water partition coefficient (Wildman–Crippen LogP) is 3.04. The molecule has 0 spiro atoms. The number of piperidine rings is 1. The lowest BCUT2D eigenvalue weighted by atomic mass is 9.92. The number of hydrogen-bond donors (Lipinski definition) is 1. The second kappa shape index (κ2) is 8.56. The zero-order valence-electron chi connectivity index (χ0n) is 16.3. The molecule has 1 aromatic carbocycles. The van der Waals surface area contributed by atoms with Crippen LogP contribution < -0.4 is 4.90 Å². The molecule has 0 aliphatic carbocycles. The Bertz CT molecular complexity index is 586. The van der Waals surface area contributed by atoms with Crippen molar-refractivity contribution in [2.75, 3.05) is 44.7 Å². The minimum Gasteiger partial charge on any atom is -0.507 e. The highest BCUT2D eigenvalue weighted by atomic mass is 16.3. The Morgan fingerprint density at radius 3 is 2.48 bits per heavy atom. The maximum atomic E-state index is 12.9. The van der Waals surface area contributed by atoms with Crippen molar-refractivity contribution >= 4 is 11.6 Å². The van der Waals surface area contributed by atoms with Crippen LogP contribution in [0.2, 0.25) is 0 Å². The fourth-order valence-corrected chi connectivity index (χ4v) is 3.91. The van der Waals surface area contributed by atoms with Crippen LogP contribution in [0.15, 0.2) is 18.2 Å². The number of anilines is 1. The van der Waals surface area contributed by atoms with Gasteiger partial charge in [-0.05, 0) is 44.9 Å². The lowest BCUT2D eigenvalue weighted by molar-refractivity contribution is 0.0518. The minimum atomic E-state index is -0.0922. The number of hydrogen-bond acceptors (Lipinski definition) is 4.